The van der Waals surface area contributed by atoms with Crippen LogP contribution in [0.15, 0.2) is 0 Å². The van der Waals surface area contributed by atoms with E-state index in [0.717, 1.165) is 50.5 Å². The molecule has 0 aromatic heterocycles. The van der Waals surface area contributed by atoms with Gasteiger partial charge in [0.25, 0.3) is 0 Å². The van der Waals surface area contributed by atoms with E-state index in [1.807, 2.05) is 0 Å². The summed E-state index contributed by atoms with van der Waals surface area (Å²) in [5.74, 6) is 0.740. The number of nitrogens with zero attached hydrogens (tertiary/aromatic N) is 1. The lowest BCUT2D eigenvalue weighted by Gasteiger charge is -2.46. The molecule has 144 valence electrons. The molecule has 2 saturated carbocycles. The fourth-order valence-electron chi connectivity index (χ4n) is 6.06. The molecular weight excluding hydrogens is 310 g/mol. The van der Waals surface area contributed by atoms with Gasteiger partial charge in [-0.2, -0.15) is 0 Å². The molecule has 0 amide bonds. The van der Waals surface area contributed by atoms with Crippen LogP contribution in [-0.2, 0) is 4.79 Å². The van der Waals surface area contributed by atoms with Crippen molar-refractivity contribution in [2.24, 2.45) is 17.3 Å². The molecule has 1 N–H and O–H groups in total. The maximum atomic E-state index is 12.3. The summed E-state index contributed by atoms with van der Waals surface area (Å²) < 4.78 is 0. The predicted octanol–water partition coefficient (Wildman–Crippen LogP) is 5.48. The van der Waals surface area contributed by atoms with Gasteiger partial charge in [-0.15, -0.1) is 0 Å². The molecule has 1 aliphatic heterocycles. The van der Waals surface area contributed by atoms with Crippen LogP contribution in [0.3, 0.4) is 0 Å². The van der Waals surface area contributed by atoms with Gasteiger partial charge in [0, 0.05) is 6.04 Å². The van der Waals surface area contributed by atoms with E-state index >= 15 is 0 Å². The van der Waals surface area contributed by atoms with Crippen molar-refractivity contribution >= 4 is 5.97 Å². The Bertz CT molecular complexity index is 414. The van der Waals surface area contributed by atoms with Gasteiger partial charge < -0.3 is 10.0 Å². The number of likely N-dealkylation sites (tertiary alicyclic amines) is 1. The molecule has 3 rings (SSSR count). The lowest BCUT2D eigenvalue weighted by molar-refractivity contribution is -0.158. The van der Waals surface area contributed by atoms with Gasteiger partial charge >= 0.3 is 5.97 Å². The number of carbonyl (C=O) groups is 1. The van der Waals surface area contributed by atoms with Crippen LogP contribution in [0.5, 0.6) is 0 Å². The summed E-state index contributed by atoms with van der Waals surface area (Å²) in [6.45, 7) is 4.81. The number of carboxylic acid groups (broad SMARTS) is 1. The van der Waals surface area contributed by atoms with Crippen LogP contribution in [0.1, 0.15) is 96.8 Å². The zero-order valence-electron chi connectivity index (χ0n) is 16.3. The molecule has 0 aromatic carbocycles. The molecule has 3 heteroatoms. The summed E-state index contributed by atoms with van der Waals surface area (Å²) in [6, 6.07) is 0.745. The van der Waals surface area contributed by atoms with E-state index in [0.29, 0.717) is 5.92 Å². The molecule has 0 atom stereocenters. The Balaban J connectivity index is 1.52. The first-order valence-corrected chi connectivity index (χ1v) is 11.1. The monoisotopic (exact) mass is 349 g/mol. The van der Waals surface area contributed by atoms with Crippen LogP contribution in [0, 0.1) is 17.3 Å². The molecule has 0 aromatic rings. The number of unbranched alkanes of at least 4 members (excludes halogenated alkanes) is 2. The third-order valence-electron chi connectivity index (χ3n) is 7.77. The van der Waals surface area contributed by atoms with E-state index in [1.165, 1.54) is 64.5 Å². The Morgan fingerprint density at radius 1 is 1.00 bits per heavy atom. The molecular formula is C22H39NO2. The lowest BCUT2D eigenvalue weighted by atomic mass is 9.59. The highest BCUT2D eigenvalue weighted by atomic mass is 16.4. The smallest absolute Gasteiger partial charge is 0.309 e. The number of rotatable bonds is 7. The van der Waals surface area contributed by atoms with Crippen molar-refractivity contribution in [1.29, 1.82) is 0 Å². The van der Waals surface area contributed by atoms with Gasteiger partial charge in [0.05, 0.1) is 5.41 Å². The van der Waals surface area contributed by atoms with Crippen molar-refractivity contribution in [1.82, 2.24) is 4.90 Å². The first-order valence-electron chi connectivity index (χ1n) is 11.1. The number of aliphatic carboxylic acids is 1. The van der Waals surface area contributed by atoms with Crippen molar-refractivity contribution in [2.75, 3.05) is 13.1 Å². The van der Waals surface area contributed by atoms with E-state index in [-0.39, 0.29) is 0 Å². The average Bonchev–Trinajstić information content (AvgIpc) is 3.17. The fourth-order valence-corrected chi connectivity index (χ4v) is 6.06. The average molecular weight is 350 g/mol. The van der Waals surface area contributed by atoms with Crippen molar-refractivity contribution in [2.45, 2.75) is 103 Å². The molecule has 25 heavy (non-hydrogen) atoms. The number of hydrogen-bond donors (Lipinski definition) is 1. The van der Waals surface area contributed by atoms with Gasteiger partial charge in [0.15, 0.2) is 0 Å². The SMILES string of the molecule is CCCCCC1CCC(C(=O)O)(C2CCC(N3CCCC3)CC2)CC1. The van der Waals surface area contributed by atoms with E-state index in [4.69, 9.17) is 0 Å². The standard InChI is InChI=1S/C22H39NO2/c1-2-3-4-7-18-12-14-22(15-13-18,21(24)25)19-8-10-20(11-9-19)23-16-5-6-17-23/h18-20H,2-17H2,1H3,(H,24,25). The fraction of sp³-hybridized carbons (Fsp3) is 0.955. The zero-order valence-corrected chi connectivity index (χ0v) is 16.3. The quantitative estimate of drug-likeness (QED) is 0.618. The van der Waals surface area contributed by atoms with Crippen molar-refractivity contribution in [3.05, 3.63) is 0 Å². The highest BCUT2D eigenvalue weighted by Gasteiger charge is 2.48. The first kappa shape index (κ1) is 19.2. The Labute approximate surface area is 154 Å². The molecule has 2 aliphatic carbocycles. The van der Waals surface area contributed by atoms with Crippen LogP contribution < -0.4 is 0 Å². The van der Waals surface area contributed by atoms with Gasteiger partial charge in [-0.05, 0) is 89.1 Å². The summed E-state index contributed by atoms with van der Waals surface area (Å²) >= 11 is 0. The predicted molar refractivity (Wildman–Crippen MR) is 103 cm³/mol. The zero-order chi connectivity index (χ0) is 17.7. The Morgan fingerprint density at radius 3 is 2.20 bits per heavy atom. The van der Waals surface area contributed by atoms with Gasteiger partial charge in [0.1, 0.15) is 0 Å². The topological polar surface area (TPSA) is 40.5 Å². The minimum atomic E-state index is -0.482. The summed E-state index contributed by atoms with van der Waals surface area (Å²) in [5.41, 5.74) is -0.392. The molecule has 1 heterocycles. The number of carboxylic acids is 1. The van der Waals surface area contributed by atoms with E-state index in [2.05, 4.69) is 11.8 Å². The van der Waals surface area contributed by atoms with Gasteiger partial charge in [-0.1, -0.05) is 32.6 Å². The van der Waals surface area contributed by atoms with E-state index < -0.39 is 11.4 Å². The second-order valence-electron chi connectivity index (χ2n) is 9.15. The molecule has 3 nitrogen and oxygen atoms in total. The maximum Gasteiger partial charge on any atom is 0.309 e. The van der Waals surface area contributed by atoms with Crippen molar-refractivity contribution in [3.63, 3.8) is 0 Å². The Kier molecular flexibility index (Phi) is 6.82. The molecule has 3 fully saturated rings. The van der Waals surface area contributed by atoms with Crippen LogP contribution in [-0.4, -0.2) is 35.1 Å². The minimum Gasteiger partial charge on any atom is -0.481 e. The van der Waals surface area contributed by atoms with Crippen LogP contribution in [0.25, 0.3) is 0 Å². The van der Waals surface area contributed by atoms with E-state index in [1.54, 1.807) is 0 Å². The number of hydrogen-bond acceptors (Lipinski definition) is 2. The van der Waals surface area contributed by atoms with Gasteiger partial charge in [-0.25, -0.2) is 0 Å². The first-order chi connectivity index (χ1) is 12.2. The highest BCUT2D eigenvalue weighted by Crippen LogP contribution is 2.51. The molecule has 0 unspecified atom stereocenters. The summed E-state index contributed by atoms with van der Waals surface area (Å²) in [6.07, 6.45) is 17.0. The summed E-state index contributed by atoms with van der Waals surface area (Å²) in [7, 11) is 0. The van der Waals surface area contributed by atoms with Crippen molar-refractivity contribution in [3.8, 4) is 0 Å². The molecule has 3 aliphatic rings. The molecule has 0 radical (unpaired) electrons. The minimum absolute atomic E-state index is 0.392. The van der Waals surface area contributed by atoms with Gasteiger partial charge in [0.2, 0.25) is 0 Å². The van der Waals surface area contributed by atoms with Crippen LogP contribution in [0.4, 0.5) is 0 Å². The second kappa shape index (κ2) is 8.88. The Morgan fingerprint density at radius 2 is 1.64 bits per heavy atom. The van der Waals surface area contributed by atoms with E-state index in [9.17, 15) is 9.90 Å². The summed E-state index contributed by atoms with van der Waals surface area (Å²) in [4.78, 5) is 14.9. The molecule has 0 spiro atoms. The lowest BCUT2D eigenvalue weighted by Crippen LogP contribution is -2.45. The second-order valence-corrected chi connectivity index (χ2v) is 9.15. The van der Waals surface area contributed by atoms with Gasteiger partial charge in [-0.3, -0.25) is 4.79 Å². The Hall–Kier alpha value is -0.570. The molecule has 0 bridgehead atoms. The third-order valence-corrected chi connectivity index (χ3v) is 7.77. The maximum absolute atomic E-state index is 12.3. The largest absolute Gasteiger partial charge is 0.481 e. The van der Waals surface area contributed by atoms with Crippen molar-refractivity contribution < 1.29 is 9.90 Å². The molecule has 1 saturated heterocycles. The normalized spacial score (nSPS) is 37.2. The third kappa shape index (κ3) is 4.40. The summed E-state index contributed by atoms with van der Waals surface area (Å²) in [5, 5.41) is 10.1. The van der Waals surface area contributed by atoms with Crippen LogP contribution in [0.2, 0.25) is 0 Å². The van der Waals surface area contributed by atoms with Crippen LogP contribution >= 0.6 is 0 Å². The highest BCUT2D eigenvalue weighted by molar-refractivity contribution is 5.75.